The highest BCUT2D eigenvalue weighted by molar-refractivity contribution is 7.20. The number of hydrogen-bond acceptors (Lipinski definition) is 5. The number of benzene rings is 2. The summed E-state index contributed by atoms with van der Waals surface area (Å²) in [6, 6.07) is 8.95. The van der Waals surface area contributed by atoms with Gasteiger partial charge in [-0.05, 0) is 49.7 Å². The molecule has 0 unspecified atom stereocenters. The molecule has 0 saturated heterocycles. The van der Waals surface area contributed by atoms with E-state index in [0.29, 0.717) is 35.1 Å². The van der Waals surface area contributed by atoms with Gasteiger partial charge < -0.3 is 19.7 Å². The molecule has 4 rings (SSSR count). The molecule has 0 saturated carbocycles. The van der Waals surface area contributed by atoms with Gasteiger partial charge in [-0.1, -0.05) is 6.07 Å². The highest BCUT2D eigenvalue weighted by Crippen LogP contribution is 2.41. The lowest BCUT2D eigenvalue weighted by molar-refractivity contribution is 0.0221. The summed E-state index contributed by atoms with van der Waals surface area (Å²) in [6.07, 6.45) is 1.50. The number of aryl methyl sites for hydroxylation is 1. The van der Waals surface area contributed by atoms with Crippen molar-refractivity contribution in [2.75, 3.05) is 6.54 Å². The normalized spacial score (nSPS) is 12.1. The van der Waals surface area contributed by atoms with Crippen molar-refractivity contribution in [3.8, 4) is 22.6 Å². The van der Waals surface area contributed by atoms with E-state index >= 15 is 0 Å². The molecule has 6 nitrogen and oxygen atoms in total. The average molecular weight is 549 g/mol. The zero-order valence-corrected chi connectivity index (χ0v) is 21.7. The van der Waals surface area contributed by atoms with Gasteiger partial charge in [0, 0.05) is 42.7 Å². The van der Waals surface area contributed by atoms with E-state index < -0.39 is 41.2 Å². The monoisotopic (exact) mass is 548 g/mol. The van der Waals surface area contributed by atoms with Gasteiger partial charge in [0.25, 0.3) is 17.4 Å². The van der Waals surface area contributed by atoms with Crippen LogP contribution in [0.4, 0.5) is 17.6 Å². The fourth-order valence-electron chi connectivity index (χ4n) is 3.77. The Balaban J connectivity index is 1.91. The van der Waals surface area contributed by atoms with Crippen molar-refractivity contribution in [2.24, 2.45) is 7.05 Å². The highest BCUT2D eigenvalue weighted by atomic mass is 32.1. The first kappa shape index (κ1) is 27.3. The first-order valence-electron chi connectivity index (χ1n) is 11.4. The van der Waals surface area contributed by atoms with Gasteiger partial charge in [0.1, 0.15) is 16.3 Å². The van der Waals surface area contributed by atoms with Crippen LogP contribution in [0.3, 0.4) is 0 Å². The number of carbonyl (C=O) groups is 1. The van der Waals surface area contributed by atoms with Crippen LogP contribution in [0.2, 0.25) is 0 Å². The van der Waals surface area contributed by atoms with Gasteiger partial charge in [-0.2, -0.15) is 0 Å². The zero-order chi connectivity index (χ0) is 28.0. The van der Waals surface area contributed by atoms with E-state index in [-0.39, 0.29) is 21.1 Å². The van der Waals surface area contributed by atoms with Crippen molar-refractivity contribution in [2.45, 2.75) is 32.3 Å². The maximum Gasteiger partial charge on any atom is 0.268 e. The van der Waals surface area contributed by atoms with E-state index in [4.69, 9.17) is 4.74 Å². The molecule has 0 fully saturated rings. The number of ether oxygens (including phenoxy) is 1. The number of carbonyl (C=O) groups excluding carboxylic acids is 1. The SMILES string of the molecule is Cn1cc(-c2cc(C(C)(C)O)ccc2Oc2ccc(F)cc2F)c2cc(C(=O)NCC(C)(F)F)sc2c1=O. The number of thiophene rings is 1. The van der Waals surface area contributed by atoms with Gasteiger partial charge in [-0.3, -0.25) is 9.59 Å². The number of rotatable bonds is 7. The van der Waals surface area contributed by atoms with Gasteiger partial charge >= 0.3 is 0 Å². The van der Waals surface area contributed by atoms with E-state index in [1.54, 1.807) is 26.0 Å². The van der Waals surface area contributed by atoms with Crippen LogP contribution in [0.25, 0.3) is 21.2 Å². The molecule has 200 valence electrons. The Kier molecular flexibility index (Phi) is 7.11. The molecule has 2 N–H and O–H groups in total. The number of amides is 1. The number of nitrogens with one attached hydrogen (secondary N) is 1. The summed E-state index contributed by atoms with van der Waals surface area (Å²) >= 11 is 0.847. The Bertz CT molecular complexity index is 1600. The molecule has 4 aromatic rings. The number of aromatic nitrogens is 1. The van der Waals surface area contributed by atoms with Crippen LogP contribution in [0.15, 0.2) is 53.5 Å². The molecule has 11 heteroatoms. The molecule has 0 aliphatic rings. The third-order valence-electron chi connectivity index (χ3n) is 5.73. The Morgan fingerprint density at radius 1 is 1.05 bits per heavy atom. The third-order valence-corrected chi connectivity index (χ3v) is 6.85. The number of fused-ring (bicyclic) bond motifs is 1. The lowest BCUT2D eigenvalue weighted by atomic mass is 9.93. The van der Waals surface area contributed by atoms with E-state index in [1.165, 1.54) is 29.9 Å². The van der Waals surface area contributed by atoms with Gasteiger partial charge in [-0.25, -0.2) is 17.6 Å². The van der Waals surface area contributed by atoms with E-state index in [9.17, 15) is 32.3 Å². The molecule has 0 radical (unpaired) electrons. The third kappa shape index (κ3) is 5.73. The number of pyridine rings is 1. The van der Waals surface area contributed by atoms with Crippen LogP contribution in [-0.4, -0.2) is 28.0 Å². The number of aliphatic hydroxyl groups is 1. The first-order chi connectivity index (χ1) is 17.6. The van der Waals surface area contributed by atoms with Crippen LogP contribution in [0.5, 0.6) is 11.5 Å². The maximum absolute atomic E-state index is 14.4. The second-order valence-electron chi connectivity index (χ2n) is 9.51. The van der Waals surface area contributed by atoms with Crippen molar-refractivity contribution >= 4 is 27.3 Å². The quantitative estimate of drug-likeness (QED) is 0.280. The molecule has 2 aromatic heterocycles. The van der Waals surface area contributed by atoms with Gasteiger partial charge in [0.05, 0.1) is 17.0 Å². The van der Waals surface area contributed by atoms with Crippen molar-refractivity contribution in [1.82, 2.24) is 9.88 Å². The minimum absolute atomic E-state index is 0.0412. The molecule has 0 spiro atoms. The Hall–Kier alpha value is -3.70. The van der Waals surface area contributed by atoms with Gasteiger partial charge in [0.15, 0.2) is 11.6 Å². The fraction of sp³-hybridized carbons (Fsp3) is 0.259. The van der Waals surface area contributed by atoms with Gasteiger partial charge in [0.2, 0.25) is 0 Å². The summed E-state index contributed by atoms with van der Waals surface area (Å²) in [5, 5.41) is 13.1. The predicted octanol–water partition coefficient (Wildman–Crippen LogP) is 5.95. The molecule has 0 bridgehead atoms. The van der Waals surface area contributed by atoms with E-state index in [2.05, 4.69) is 5.32 Å². The Morgan fingerprint density at radius 3 is 2.37 bits per heavy atom. The molecule has 2 heterocycles. The lowest BCUT2D eigenvalue weighted by Crippen LogP contribution is -2.34. The Morgan fingerprint density at radius 2 is 1.74 bits per heavy atom. The highest BCUT2D eigenvalue weighted by Gasteiger charge is 2.25. The zero-order valence-electron chi connectivity index (χ0n) is 20.9. The standard InChI is InChI=1S/C27H24F4N2O4S/c1-26(2,36)14-5-7-20(37-21-8-6-15(28)10-19(21)29)16(9-14)18-12-33(4)25(35)23-17(18)11-22(38-23)24(34)32-13-27(3,30)31/h5-12,36H,13H2,1-4H3,(H,32,34). The number of nitrogens with zero attached hydrogens (tertiary/aromatic N) is 1. The van der Waals surface area contributed by atoms with Crippen molar-refractivity contribution in [3.05, 3.63) is 81.1 Å². The molecular formula is C27H24F4N2O4S. The number of hydrogen-bond donors (Lipinski definition) is 2. The van der Waals surface area contributed by atoms with Gasteiger partial charge in [-0.15, -0.1) is 11.3 Å². The van der Waals surface area contributed by atoms with Crippen LogP contribution in [-0.2, 0) is 12.6 Å². The van der Waals surface area contributed by atoms with E-state index in [0.717, 1.165) is 23.5 Å². The van der Waals surface area contributed by atoms with Crippen LogP contribution < -0.4 is 15.6 Å². The second-order valence-corrected chi connectivity index (χ2v) is 10.6. The summed E-state index contributed by atoms with van der Waals surface area (Å²) < 4.78 is 61.6. The lowest BCUT2D eigenvalue weighted by Gasteiger charge is -2.21. The summed E-state index contributed by atoms with van der Waals surface area (Å²) in [5.41, 5.74) is -0.473. The van der Waals surface area contributed by atoms with E-state index in [1.807, 2.05) is 0 Å². The first-order valence-corrected chi connectivity index (χ1v) is 12.2. The average Bonchev–Trinajstić information content (AvgIpc) is 3.27. The molecule has 0 aliphatic heterocycles. The predicted molar refractivity (Wildman–Crippen MR) is 137 cm³/mol. The van der Waals surface area contributed by atoms with Crippen molar-refractivity contribution in [1.29, 1.82) is 0 Å². The van der Waals surface area contributed by atoms with Crippen molar-refractivity contribution in [3.63, 3.8) is 0 Å². The molecular weight excluding hydrogens is 524 g/mol. The van der Waals surface area contributed by atoms with Crippen LogP contribution in [0, 0.1) is 11.6 Å². The molecule has 0 atom stereocenters. The molecule has 38 heavy (non-hydrogen) atoms. The molecule has 2 aromatic carbocycles. The summed E-state index contributed by atoms with van der Waals surface area (Å²) in [7, 11) is 1.50. The topological polar surface area (TPSA) is 80.6 Å². The smallest absolute Gasteiger partial charge is 0.268 e. The summed E-state index contributed by atoms with van der Waals surface area (Å²) in [6.45, 7) is 2.94. The maximum atomic E-state index is 14.4. The van der Waals surface area contributed by atoms with Crippen molar-refractivity contribution < 1.29 is 32.2 Å². The second kappa shape index (κ2) is 9.88. The fourth-order valence-corrected chi connectivity index (χ4v) is 4.84. The number of alkyl halides is 2. The molecule has 0 aliphatic carbocycles. The molecule has 1 amide bonds. The largest absolute Gasteiger partial charge is 0.454 e. The summed E-state index contributed by atoms with van der Waals surface area (Å²) in [4.78, 5) is 25.5. The Labute approximate surface area is 219 Å². The number of halogens is 4. The summed E-state index contributed by atoms with van der Waals surface area (Å²) in [5.74, 6) is -5.72. The van der Waals surface area contributed by atoms with Crippen LogP contribution >= 0.6 is 11.3 Å². The minimum atomic E-state index is -3.12. The minimum Gasteiger partial charge on any atom is -0.454 e. The van der Waals surface area contributed by atoms with Crippen LogP contribution in [0.1, 0.15) is 36.0 Å².